The quantitative estimate of drug-likeness (QED) is 0.582. The van der Waals surface area contributed by atoms with Gasteiger partial charge in [-0.15, -0.1) is 0 Å². The van der Waals surface area contributed by atoms with E-state index in [-0.39, 0.29) is 23.0 Å². The van der Waals surface area contributed by atoms with E-state index in [1.807, 2.05) is 18.7 Å². The summed E-state index contributed by atoms with van der Waals surface area (Å²) in [6, 6.07) is 8.82. The van der Waals surface area contributed by atoms with E-state index in [0.29, 0.717) is 27.2 Å². The van der Waals surface area contributed by atoms with Gasteiger partial charge in [0.05, 0.1) is 10.8 Å². The smallest absolute Gasteiger partial charge is 0.254 e. The van der Waals surface area contributed by atoms with Gasteiger partial charge in [-0.25, -0.2) is 4.98 Å². The van der Waals surface area contributed by atoms with E-state index in [9.17, 15) is 9.59 Å². The highest BCUT2D eigenvalue weighted by atomic mass is 35.5. The molecule has 3 rings (SSSR count). The van der Waals surface area contributed by atoms with E-state index in [1.54, 1.807) is 36.5 Å². The molecule has 1 N–H and O–H groups in total. The Morgan fingerprint density at radius 2 is 1.80 bits per heavy atom. The zero-order valence-electron chi connectivity index (χ0n) is 17.0. The van der Waals surface area contributed by atoms with Crippen molar-refractivity contribution in [3.63, 3.8) is 0 Å². The van der Waals surface area contributed by atoms with Gasteiger partial charge in [-0.3, -0.25) is 9.59 Å². The van der Waals surface area contributed by atoms with Crippen LogP contribution in [0.25, 0.3) is 0 Å². The van der Waals surface area contributed by atoms with Crippen molar-refractivity contribution in [3.8, 4) is 0 Å². The molecule has 2 aromatic rings. The number of nitrogens with one attached hydrogen (secondary N) is 1. The van der Waals surface area contributed by atoms with Crippen molar-refractivity contribution in [1.82, 2.24) is 15.2 Å². The number of carbonyl (C=O) groups is 2. The first-order chi connectivity index (χ1) is 14.4. The first kappa shape index (κ1) is 22.9. The number of halogens is 2. The summed E-state index contributed by atoms with van der Waals surface area (Å²) < 4.78 is 0. The molecule has 1 aromatic carbocycles. The topological polar surface area (TPSA) is 62.3 Å². The summed E-state index contributed by atoms with van der Waals surface area (Å²) in [6.45, 7) is 5.82. The highest BCUT2D eigenvalue weighted by Crippen LogP contribution is 2.31. The van der Waals surface area contributed by atoms with Gasteiger partial charge in [-0.2, -0.15) is 0 Å². The molecule has 2 heterocycles. The van der Waals surface area contributed by atoms with Crippen LogP contribution in [-0.4, -0.2) is 46.6 Å². The average molecular weight is 466 g/mol. The van der Waals surface area contributed by atoms with E-state index in [1.165, 1.54) is 11.8 Å². The molecule has 1 aliphatic heterocycles. The number of aromatic nitrogens is 1. The molecule has 1 fully saturated rings. The molecule has 30 heavy (non-hydrogen) atoms. The van der Waals surface area contributed by atoms with E-state index in [2.05, 4.69) is 10.3 Å². The lowest BCUT2D eigenvalue weighted by Crippen LogP contribution is -2.34. The second-order valence-electron chi connectivity index (χ2n) is 7.39. The molecule has 160 valence electrons. The maximum Gasteiger partial charge on any atom is 0.254 e. The fraction of sp³-hybridized carbons (Fsp3) is 0.409. The first-order valence-electron chi connectivity index (χ1n) is 10.0. The molecule has 2 unspecified atom stereocenters. The molecule has 0 radical (unpaired) electrons. The van der Waals surface area contributed by atoms with E-state index < -0.39 is 0 Å². The number of thioether (sulfide) groups is 1. The van der Waals surface area contributed by atoms with Crippen molar-refractivity contribution in [3.05, 3.63) is 57.7 Å². The summed E-state index contributed by atoms with van der Waals surface area (Å²) in [4.78, 5) is 31.7. The normalized spacial score (nSPS) is 15.7. The lowest BCUT2D eigenvalue weighted by Gasteiger charge is -2.20. The number of rotatable bonds is 7. The van der Waals surface area contributed by atoms with Crippen LogP contribution in [0.2, 0.25) is 10.0 Å². The molecule has 5 nitrogen and oxygen atoms in total. The van der Waals surface area contributed by atoms with Gasteiger partial charge in [0.15, 0.2) is 0 Å². The summed E-state index contributed by atoms with van der Waals surface area (Å²) in [7, 11) is 0. The van der Waals surface area contributed by atoms with Crippen molar-refractivity contribution >= 4 is 46.8 Å². The number of hydrogen-bond acceptors (Lipinski definition) is 4. The SMILES string of the molecule is CC(Sc1ncccc1C(=O)NCC(C)c1c(Cl)cccc1Cl)C(=O)N1CCCC1. The maximum atomic E-state index is 12.9. The molecule has 0 aliphatic carbocycles. The van der Waals surface area contributed by atoms with Gasteiger partial charge in [0.25, 0.3) is 5.91 Å². The van der Waals surface area contributed by atoms with Crippen LogP contribution in [0.3, 0.4) is 0 Å². The molecule has 0 spiro atoms. The zero-order valence-corrected chi connectivity index (χ0v) is 19.4. The lowest BCUT2D eigenvalue weighted by molar-refractivity contribution is -0.129. The van der Waals surface area contributed by atoms with Crippen molar-refractivity contribution in [2.75, 3.05) is 19.6 Å². The van der Waals surface area contributed by atoms with Crippen LogP contribution < -0.4 is 5.32 Å². The summed E-state index contributed by atoms with van der Waals surface area (Å²) in [5.41, 5.74) is 1.27. The fourth-order valence-corrected chi connectivity index (χ4v) is 5.26. The Morgan fingerprint density at radius 3 is 2.47 bits per heavy atom. The molecular formula is C22H25Cl2N3O2S. The molecule has 1 saturated heterocycles. The Bertz CT molecular complexity index is 899. The molecule has 2 amide bonds. The van der Waals surface area contributed by atoms with Crippen LogP contribution >= 0.6 is 35.0 Å². The minimum atomic E-state index is -0.301. The van der Waals surface area contributed by atoms with Crippen molar-refractivity contribution in [2.24, 2.45) is 0 Å². The molecule has 2 atom stereocenters. The number of amides is 2. The second-order valence-corrected chi connectivity index (χ2v) is 9.54. The van der Waals surface area contributed by atoms with Crippen LogP contribution in [0.15, 0.2) is 41.6 Å². The summed E-state index contributed by atoms with van der Waals surface area (Å²) in [5, 5.41) is 4.36. The highest BCUT2D eigenvalue weighted by Gasteiger charge is 2.26. The molecule has 0 saturated carbocycles. The second kappa shape index (κ2) is 10.5. The molecule has 1 aliphatic rings. The Labute approximate surface area is 191 Å². The van der Waals surface area contributed by atoms with Crippen molar-refractivity contribution in [1.29, 1.82) is 0 Å². The Morgan fingerprint density at radius 1 is 1.13 bits per heavy atom. The van der Waals surface area contributed by atoms with Crippen LogP contribution in [0.4, 0.5) is 0 Å². The fourth-order valence-electron chi connectivity index (χ4n) is 3.49. The third-order valence-corrected chi connectivity index (χ3v) is 6.89. The third-order valence-electron chi connectivity index (χ3n) is 5.13. The van der Waals surface area contributed by atoms with Crippen LogP contribution in [0, 0.1) is 0 Å². The van der Waals surface area contributed by atoms with E-state index in [4.69, 9.17) is 23.2 Å². The zero-order chi connectivity index (χ0) is 21.7. The minimum absolute atomic E-state index is 0.0569. The summed E-state index contributed by atoms with van der Waals surface area (Å²) >= 11 is 13.9. The van der Waals surface area contributed by atoms with Gasteiger partial charge >= 0.3 is 0 Å². The Hall–Kier alpha value is -1.76. The molecular weight excluding hydrogens is 441 g/mol. The van der Waals surface area contributed by atoms with Crippen LogP contribution in [0.1, 0.15) is 48.5 Å². The minimum Gasteiger partial charge on any atom is -0.351 e. The van der Waals surface area contributed by atoms with Gasteiger partial charge in [-0.05, 0) is 49.6 Å². The van der Waals surface area contributed by atoms with Gasteiger partial charge in [0.1, 0.15) is 5.03 Å². The first-order valence-corrected chi connectivity index (χ1v) is 11.6. The van der Waals surface area contributed by atoms with Crippen molar-refractivity contribution < 1.29 is 9.59 Å². The standard InChI is InChI=1S/C22H25Cl2N3O2S/c1-14(19-17(23)8-5-9-18(19)24)13-26-20(28)16-7-6-10-25-21(16)30-15(2)22(29)27-11-3-4-12-27/h5-10,14-15H,3-4,11-13H2,1-2H3,(H,26,28). The van der Waals surface area contributed by atoms with Gasteiger partial charge in [0.2, 0.25) is 5.91 Å². The highest BCUT2D eigenvalue weighted by molar-refractivity contribution is 8.00. The van der Waals surface area contributed by atoms with Gasteiger partial charge < -0.3 is 10.2 Å². The largest absolute Gasteiger partial charge is 0.351 e. The molecule has 1 aromatic heterocycles. The number of benzene rings is 1. The van der Waals surface area contributed by atoms with E-state index >= 15 is 0 Å². The molecule has 0 bridgehead atoms. The van der Waals surface area contributed by atoms with Crippen LogP contribution in [0.5, 0.6) is 0 Å². The predicted molar refractivity (Wildman–Crippen MR) is 123 cm³/mol. The van der Waals surface area contributed by atoms with Gasteiger partial charge in [0, 0.05) is 41.8 Å². The third kappa shape index (κ3) is 5.48. The number of hydrogen-bond donors (Lipinski definition) is 1. The van der Waals surface area contributed by atoms with Crippen molar-refractivity contribution in [2.45, 2.75) is 42.9 Å². The Balaban J connectivity index is 1.66. The molecule has 8 heteroatoms. The monoisotopic (exact) mass is 465 g/mol. The van der Waals surface area contributed by atoms with Gasteiger partial charge in [-0.1, -0.05) is 48.0 Å². The van der Waals surface area contributed by atoms with E-state index in [0.717, 1.165) is 31.5 Å². The number of likely N-dealkylation sites (tertiary alicyclic amines) is 1. The van der Waals surface area contributed by atoms with Crippen LogP contribution in [-0.2, 0) is 4.79 Å². The number of pyridine rings is 1. The summed E-state index contributed by atoms with van der Waals surface area (Å²) in [6.07, 6.45) is 3.74. The Kier molecular flexibility index (Phi) is 8.03. The number of carbonyl (C=O) groups excluding carboxylic acids is 2. The lowest BCUT2D eigenvalue weighted by atomic mass is 10.0. The number of nitrogens with zero attached hydrogens (tertiary/aromatic N) is 2. The average Bonchev–Trinajstić information content (AvgIpc) is 3.26. The maximum absolute atomic E-state index is 12.9. The summed E-state index contributed by atoms with van der Waals surface area (Å²) in [5.74, 6) is -0.198. The predicted octanol–water partition coefficient (Wildman–Crippen LogP) is 5.02.